The lowest BCUT2D eigenvalue weighted by atomic mass is 9.80. The summed E-state index contributed by atoms with van der Waals surface area (Å²) in [7, 11) is 0. The number of carbonyl (C=O) groups is 2. The van der Waals surface area contributed by atoms with Crippen LogP contribution in [-0.4, -0.2) is 43.0 Å². The van der Waals surface area contributed by atoms with Crippen LogP contribution in [-0.2, 0) is 14.3 Å². The van der Waals surface area contributed by atoms with Gasteiger partial charge in [0.15, 0.2) is 0 Å². The van der Waals surface area contributed by atoms with Crippen LogP contribution in [0.1, 0.15) is 25.7 Å². The predicted molar refractivity (Wildman–Crippen MR) is 69.1 cm³/mol. The van der Waals surface area contributed by atoms with Gasteiger partial charge in [-0.2, -0.15) is 0 Å². The molecule has 5 nitrogen and oxygen atoms in total. The number of imide groups is 1. The van der Waals surface area contributed by atoms with Crippen LogP contribution in [0.3, 0.4) is 0 Å². The van der Waals surface area contributed by atoms with Crippen molar-refractivity contribution in [2.24, 2.45) is 11.8 Å². The molecule has 2 heterocycles. The number of nitrogens with one attached hydrogen (secondary N) is 1. The van der Waals surface area contributed by atoms with Crippen molar-refractivity contribution in [2.45, 2.75) is 25.7 Å². The van der Waals surface area contributed by atoms with Crippen LogP contribution >= 0.6 is 0 Å². The molecule has 0 bridgehead atoms. The van der Waals surface area contributed by atoms with E-state index in [9.17, 15) is 9.59 Å². The molecule has 0 unspecified atom stereocenters. The van der Waals surface area contributed by atoms with Crippen molar-refractivity contribution in [3.05, 3.63) is 11.8 Å². The molecule has 2 aliphatic heterocycles. The Morgan fingerprint density at radius 1 is 1.21 bits per heavy atom. The summed E-state index contributed by atoms with van der Waals surface area (Å²) < 4.78 is 5.39. The van der Waals surface area contributed by atoms with Gasteiger partial charge in [0.25, 0.3) is 0 Å². The van der Waals surface area contributed by atoms with E-state index in [0.717, 1.165) is 45.6 Å². The van der Waals surface area contributed by atoms with E-state index in [1.165, 1.54) is 5.70 Å². The van der Waals surface area contributed by atoms with Crippen LogP contribution in [0, 0.1) is 11.8 Å². The van der Waals surface area contributed by atoms with E-state index in [0.29, 0.717) is 6.42 Å². The van der Waals surface area contributed by atoms with Crippen molar-refractivity contribution in [3.8, 4) is 0 Å². The molecule has 2 saturated heterocycles. The molecule has 3 rings (SSSR count). The number of morpholine rings is 1. The standard InChI is InChI=1S/C14H20N2O3/c17-13-9-11(14(18)15-13)10-3-1-2-4-12(10)16-5-7-19-8-6-16/h4,10-11H,1-3,5-9H2,(H,15,17,18)/t10-,11+/m0/s1. The number of rotatable bonds is 2. The van der Waals surface area contributed by atoms with E-state index in [2.05, 4.69) is 16.3 Å². The third kappa shape index (κ3) is 2.52. The second kappa shape index (κ2) is 5.33. The van der Waals surface area contributed by atoms with Crippen LogP contribution in [0.15, 0.2) is 11.8 Å². The van der Waals surface area contributed by atoms with E-state index < -0.39 is 0 Å². The molecule has 0 spiro atoms. The van der Waals surface area contributed by atoms with E-state index in [-0.39, 0.29) is 23.7 Å². The Bertz CT molecular complexity index is 413. The van der Waals surface area contributed by atoms with Crippen LogP contribution in [0.2, 0.25) is 0 Å². The van der Waals surface area contributed by atoms with Gasteiger partial charge in [-0.15, -0.1) is 0 Å². The van der Waals surface area contributed by atoms with Crippen molar-refractivity contribution >= 4 is 11.8 Å². The Balaban J connectivity index is 1.78. The smallest absolute Gasteiger partial charge is 0.230 e. The van der Waals surface area contributed by atoms with E-state index in [1.807, 2.05) is 0 Å². The van der Waals surface area contributed by atoms with Gasteiger partial charge in [0.2, 0.25) is 11.8 Å². The summed E-state index contributed by atoms with van der Waals surface area (Å²) in [5.74, 6) is -0.168. The number of nitrogens with zero attached hydrogens (tertiary/aromatic N) is 1. The molecule has 5 heteroatoms. The SMILES string of the molecule is O=C1C[C@H]([C@@H]2CCCC=C2N2CCOCC2)C(=O)N1. The zero-order valence-corrected chi connectivity index (χ0v) is 11.1. The molecule has 0 aromatic heterocycles. The average molecular weight is 264 g/mol. The molecular weight excluding hydrogens is 244 g/mol. The highest BCUT2D eigenvalue weighted by atomic mass is 16.5. The molecule has 2 amide bonds. The van der Waals surface area contributed by atoms with Gasteiger partial charge in [0.05, 0.1) is 19.1 Å². The fourth-order valence-corrected chi connectivity index (χ4v) is 3.38. The Hall–Kier alpha value is -1.36. The van der Waals surface area contributed by atoms with E-state index in [1.54, 1.807) is 0 Å². The van der Waals surface area contributed by atoms with Gasteiger partial charge >= 0.3 is 0 Å². The Labute approximate surface area is 113 Å². The summed E-state index contributed by atoms with van der Waals surface area (Å²) in [5.41, 5.74) is 1.27. The van der Waals surface area contributed by atoms with Gasteiger partial charge < -0.3 is 9.64 Å². The van der Waals surface area contributed by atoms with Gasteiger partial charge in [0, 0.05) is 31.1 Å². The number of ether oxygens (including phenoxy) is 1. The molecule has 1 N–H and O–H groups in total. The number of amides is 2. The summed E-state index contributed by atoms with van der Waals surface area (Å²) in [5, 5.41) is 2.44. The monoisotopic (exact) mass is 264 g/mol. The summed E-state index contributed by atoms with van der Waals surface area (Å²) in [6.45, 7) is 3.29. The zero-order valence-electron chi connectivity index (χ0n) is 11.1. The lowest BCUT2D eigenvalue weighted by Gasteiger charge is -2.38. The molecule has 19 heavy (non-hydrogen) atoms. The molecule has 1 aliphatic carbocycles. The first-order valence-corrected chi connectivity index (χ1v) is 7.12. The Morgan fingerprint density at radius 3 is 2.68 bits per heavy atom. The molecule has 0 aromatic carbocycles. The summed E-state index contributed by atoms with van der Waals surface area (Å²) in [6.07, 6.45) is 5.80. The molecule has 0 saturated carbocycles. The van der Waals surface area contributed by atoms with Crippen LogP contribution in [0.25, 0.3) is 0 Å². The molecule has 2 atom stereocenters. The van der Waals surface area contributed by atoms with Crippen LogP contribution in [0.5, 0.6) is 0 Å². The summed E-state index contributed by atoms with van der Waals surface area (Å²) in [4.78, 5) is 25.7. The van der Waals surface area contributed by atoms with Crippen molar-refractivity contribution in [1.82, 2.24) is 10.2 Å². The summed E-state index contributed by atoms with van der Waals surface area (Å²) in [6, 6.07) is 0. The first-order chi connectivity index (χ1) is 9.25. The second-order valence-corrected chi connectivity index (χ2v) is 5.49. The fourth-order valence-electron chi connectivity index (χ4n) is 3.38. The minimum atomic E-state index is -0.165. The maximum atomic E-state index is 11.9. The first kappa shape index (κ1) is 12.7. The number of carbonyl (C=O) groups excluding carboxylic acids is 2. The Morgan fingerprint density at radius 2 is 2.00 bits per heavy atom. The van der Waals surface area contributed by atoms with Crippen molar-refractivity contribution in [3.63, 3.8) is 0 Å². The third-order valence-electron chi connectivity index (χ3n) is 4.32. The highest BCUT2D eigenvalue weighted by molar-refractivity contribution is 6.03. The van der Waals surface area contributed by atoms with Crippen LogP contribution < -0.4 is 5.32 Å². The van der Waals surface area contributed by atoms with Crippen LogP contribution in [0.4, 0.5) is 0 Å². The Kier molecular flexibility index (Phi) is 3.55. The quantitative estimate of drug-likeness (QED) is 0.745. The first-order valence-electron chi connectivity index (χ1n) is 7.12. The number of hydrogen-bond acceptors (Lipinski definition) is 4. The molecule has 3 aliphatic rings. The van der Waals surface area contributed by atoms with Crippen molar-refractivity contribution in [1.29, 1.82) is 0 Å². The van der Waals surface area contributed by atoms with Gasteiger partial charge in [0.1, 0.15) is 0 Å². The van der Waals surface area contributed by atoms with E-state index in [4.69, 9.17) is 4.74 Å². The number of hydrogen-bond donors (Lipinski definition) is 1. The minimum absolute atomic E-state index is 0.0870. The largest absolute Gasteiger partial charge is 0.378 e. The van der Waals surface area contributed by atoms with Crippen molar-refractivity contribution in [2.75, 3.05) is 26.3 Å². The fraction of sp³-hybridized carbons (Fsp3) is 0.714. The second-order valence-electron chi connectivity index (χ2n) is 5.49. The van der Waals surface area contributed by atoms with Gasteiger partial charge in [-0.05, 0) is 19.3 Å². The molecule has 2 fully saturated rings. The highest BCUT2D eigenvalue weighted by Crippen LogP contribution is 2.36. The maximum Gasteiger partial charge on any atom is 0.230 e. The molecule has 0 aromatic rings. The third-order valence-corrected chi connectivity index (χ3v) is 4.32. The summed E-state index contributed by atoms with van der Waals surface area (Å²) >= 11 is 0. The van der Waals surface area contributed by atoms with Crippen molar-refractivity contribution < 1.29 is 14.3 Å². The predicted octanol–water partition coefficient (Wildman–Crippen LogP) is 0.665. The molecule has 0 radical (unpaired) electrons. The number of allylic oxidation sites excluding steroid dienone is 2. The normalized spacial score (nSPS) is 32.2. The van der Waals surface area contributed by atoms with Gasteiger partial charge in [-0.3, -0.25) is 14.9 Å². The van der Waals surface area contributed by atoms with Gasteiger partial charge in [-0.1, -0.05) is 6.08 Å². The maximum absolute atomic E-state index is 11.9. The van der Waals surface area contributed by atoms with E-state index >= 15 is 0 Å². The molecule has 104 valence electrons. The minimum Gasteiger partial charge on any atom is -0.378 e. The molecular formula is C14H20N2O3. The zero-order chi connectivity index (χ0) is 13.2. The highest BCUT2D eigenvalue weighted by Gasteiger charge is 2.40. The lowest BCUT2D eigenvalue weighted by molar-refractivity contribution is -0.126. The average Bonchev–Trinajstić information content (AvgIpc) is 2.79. The lowest BCUT2D eigenvalue weighted by Crippen LogP contribution is -2.41. The van der Waals surface area contributed by atoms with Gasteiger partial charge in [-0.25, -0.2) is 0 Å². The topological polar surface area (TPSA) is 58.6 Å².